The highest BCUT2D eigenvalue weighted by Crippen LogP contribution is 2.15. The second-order valence-electron chi connectivity index (χ2n) is 3.60. The lowest BCUT2D eigenvalue weighted by molar-refractivity contribution is 0.594. The van der Waals surface area contributed by atoms with Gasteiger partial charge >= 0.3 is 0 Å². The van der Waals surface area contributed by atoms with Crippen LogP contribution >= 0.6 is 11.3 Å². The molecule has 0 atom stereocenters. The standard InChI is InChI=1S/C12H11FO2S2/c13-10-3-5-12(6-4-10)17(14,15)9-7-11-2-1-8-16-11/h1-6,8H,7,9H2. The van der Waals surface area contributed by atoms with Crippen LogP contribution in [0, 0.1) is 5.82 Å². The summed E-state index contributed by atoms with van der Waals surface area (Å²) in [6, 6.07) is 8.74. The first-order valence-electron chi connectivity index (χ1n) is 5.09. The molecule has 5 heteroatoms. The molecule has 0 unspecified atom stereocenters. The summed E-state index contributed by atoms with van der Waals surface area (Å²) in [5.41, 5.74) is 0. The van der Waals surface area contributed by atoms with Crippen LogP contribution in [0.1, 0.15) is 4.88 Å². The maximum absolute atomic E-state index is 12.7. The summed E-state index contributed by atoms with van der Waals surface area (Å²) < 4.78 is 36.5. The highest BCUT2D eigenvalue weighted by atomic mass is 32.2. The Bertz CT molecular complexity index is 571. The molecule has 0 saturated heterocycles. The van der Waals surface area contributed by atoms with Crippen LogP contribution in [0.25, 0.3) is 0 Å². The Labute approximate surface area is 104 Å². The summed E-state index contributed by atoms with van der Waals surface area (Å²) in [7, 11) is -3.31. The van der Waals surface area contributed by atoms with Crippen molar-refractivity contribution in [2.45, 2.75) is 11.3 Å². The minimum Gasteiger partial charge on any atom is -0.224 e. The maximum Gasteiger partial charge on any atom is 0.178 e. The fourth-order valence-electron chi connectivity index (χ4n) is 1.45. The van der Waals surface area contributed by atoms with Crippen molar-refractivity contribution >= 4 is 21.2 Å². The highest BCUT2D eigenvalue weighted by molar-refractivity contribution is 7.91. The lowest BCUT2D eigenvalue weighted by Crippen LogP contribution is -2.08. The van der Waals surface area contributed by atoms with Crippen molar-refractivity contribution in [2.75, 3.05) is 5.75 Å². The van der Waals surface area contributed by atoms with Crippen LogP contribution in [0.4, 0.5) is 4.39 Å². The Hall–Kier alpha value is -1.20. The molecule has 2 nitrogen and oxygen atoms in total. The molecule has 0 aliphatic heterocycles. The molecule has 1 heterocycles. The Balaban J connectivity index is 2.11. The van der Waals surface area contributed by atoms with E-state index in [1.54, 1.807) is 0 Å². The molecule has 1 aromatic carbocycles. The zero-order valence-corrected chi connectivity index (χ0v) is 10.6. The van der Waals surface area contributed by atoms with Crippen LogP contribution in [-0.4, -0.2) is 14.2 Å². The first-order valence-corrected chi connectivity index (χ1v) is 7.62. The molecule has 17 heavy (non-hydrogen) atoms. The molecular formula is C12H11FO2S2. The summed E-state index contributed by atoms with van der Waals surface area (Å²) in [4.78, 5) is 1.21. The van der Waals surface area contributed by atoms with Crippen molar-refractivity contribution in [1.29, 1.82) is 0 Å². The van der Waals surface area contributed by atoms with Gasteiger partial charge in [-0.15, -0.1) is 11.3 Å². The van der Waals surface area contributed by atoms with Crippen LogP contribution in [0.15, 0.2) is 46.7 Å². The van der Waals surface area contributed by atoms with Crippen LogP contribution in [0.3, 0.4) is 0 Å². The number of sulfone groups is 1. The molecule has 2 aromatic rings. The van der Waals surface area contributed by atoms with Gasteiger partial charge in [0.15, 0.2) is 9.84 Å². The van der Waals surface area contributed by atoms with Gasteiger partial charge in [-0.05, 0) is 42.1 Å². The van der Waals surface area contributed by atoms with E-state index in [0.717, 1.165) is 17.0 Å². The molecule has 1 aromatic heterocycles. The van der Waals surface area contributed by atoms with Gasteiger partial charge in [-0.3, -0.25) is 0 Å². The highest BCUT2D eigenvalue weighted by Gasteiger charge is 2.14. The van der Waals surface area contributed by atoms with E-state index in [1.807, 2.05) is 17.5 Å². The van der Waals surface area contributed by atoms with Gasteiger partial charge in [0.05, 0.1) is 10.6 Å². The summed E-state index contributed by atoms with van der Waals surface area (Å²) in [5, 5.41) is 1.92. The Morgan fingerprint density at radius 3 is 2.41 bits per heavy atom. The summed E-state index contributed by atoms with van der Waals surface area (Å²) in [5.74, 6) is -0.374. The molecule has 90 valence electrons. The third-order valence-electron chi connectivity index (χ3n) is 2.37. The smallest absolute Gasteiger partial charge is 0.178 e. The third kappa shape index (κ3) is 3.14. The fourth-order valence-corrected chi connectivity index (χ4v) is 3.56. The van der Waals surface area contributed by atoms with Crippen molar-refractivity contribution in [1.82, 2.24) is 0 Å². The normalized spacial score (nSPS) is 11.6. The van der Waals surface area contributed by atoms with E-state index in [0.29, 0.717) is 6.42 Å². The summed E-state index contributed by atoms with van der Waals surface area (Å²) in [6.07, 6.45) is 0.497. The monoisotopic (exact) mass is 270 g/mol. The quantitative estimate of drug-likeness (QED) is 0.801. The molecule has 0 saturated carbocycles. The van der Waals surface area contributed by atoms with E-state index < -0.39 is 15.7 Å². The zero-order chi connectivity index (χ0) is 12.3. The van der Waals surface area contributed by atoms with E-state index in [1.165, 1.54) is 23.5 Å². The third-order valence-corrected chi connectivity index (χ3v) is 5.04. The number of hydrogen-bond acceptors (Lipinski definition) is 3. The van der Waals surface area contributed by atoms with E-state index in [2.05, 4.69) is 0 Å². The molecule has 0 bridgehead atoms. The number of hydrogen-bond donors (Lipinski definition) is 0. The van der Waals surface area contributed by atoms with Gasteiger partial charge < -0.3 is 0 Å². The molecule has 0 radical (unpaired) electrons. The lowest BCUT2D eigenvalue weighted by atomic mass is 10.3. The van der Waals surface area contributed by atoms with Crippen LogP contribution in [0.2, 0.25) is 0 Å². The van der Waals surface area contributed by atoms with E-state index in [-0.39, 0.29) is 10.6 Å². The van der Waals surface area contributed by atoms with Crippen molar-refractivity contribution in [3.63, 3.8) is 0 Å². The number of rotatable bonds is 4. The number of benzene rings is 1. The van der Waals surface area contributed by atoms with Gasteiger partial charge in [0.2, 0.25) is 0 Å². The first-order chi connectivity index (χ1) is 8.08. The van der Waals surface area contributed by atoms with Gasteiger partial charge in [0.1, 0.15) is 5.82 Å². The number of thiophene rings is 1. The van der Waals surface area contributed by atoms with E-state index in [4.69, 9.17) is 0 Å². The zero-order valence-electron chi connectivity index (χ0n) is 8.97. The Morgan fingerprint density at radius 1 is 1.12 bits per heavy atom. The Morgan fingerprint density at radius 2 is 1.82 bits per heavy atom. The van der Waals surface area contributed by atoms with Crippen LogP contribution < -0.4 is 0 Å². The van der Waals surface area contributed by atoms with E-state index >= 15 is 0 Å². The first kappa shape index (κ1) is 12.3. The average Bonchev–Trinajstić information content (AvgIpc) is 2.80. The lowest BCUT2D eigenvalue weighted by Gasteiger charge is -2.03. The largest absolute Gasteiger partial charge is 0.224 e. The topological polar surface area (TPSA) is 34.1 Å². The molecule has 0 aliphatic rings. The predicted molar refractivity (Wildman–Crippen MR) is 66.5 cm³/mol. The minimum atomic E-state index is -3.31. The molecule has 0 fully saturated rings. The maximum atomic E-state index is 12.7. The van der Waals surface area contributed by atoms with Gasteiger partial charge in [0.25, 0.3) is 0 Å². The summed E-state index contributed by atoms with van der Waals surface area (Å²) >= 11 is 1.54. The van der Waals surface area contributed by atoms with Gasteiger partial charge in [-0.2, -0.15) is 0 Å². The van der Waals surface area contributed by atoms with Crippen molar-refractivity contribution in [3.8, 4) is 0 Å². The number of aryl methyl sites for hydroxylation is 1. The molecular weight excluding hydrogens is 259 g/mol. The molecule has 0 spiro atoms. The Kier molecular flexibility index (Phi) is 3.59. The second-order valence-corrected chi connectivity index (χ2v) is 6.74. The van der Waals surface area contributed by atoms with Crippen molar-refractivity contribution < 1.29 is 12.8 Å². The fraction of sp³-hybridized carbons (Fsp3) is 0.167. The number of halogens is 1. The molecule has 0 aliphatic carbocycles. The second kappa shape index (κ2) is 4.98. The van der Waals surface area contributed by atoms with Crippen LogP contribution in [-0.2, 0) is 16.3 Å². The predicted octanol–water partition coefficient (Wildman–Crippen LogP) is 2.90. The van der Waals surface area contributed by atoms with Crippen molar-refractivity contribution in [3.05, 3.63) is 52.5 Å². The summed E-state index contributed by atoms with van der Waals surface area (Å²) in [6.45, 7) is 0. The molecule has 0 N–H and O–H groups in total. The SMILES string of the molecule is O=S(=O)(CCc1cccs1)c1ccc(F)cc1. The van der Waals surface area contributed by atoms with Gasteiger partial charge in [-0.25, -0.2) is 12.8 Å². The molecule has 0 amide bonds. The average molecular weight is 270 g/mol. The van der Waals surface area contributed by atoms with Gasteiger partial charge in [0, 0.05) is 4.88 Å². The van der Waals surface area contributed by atoms with E-state index in [9.17, 15) is 12.8 Å². The van der Waals surface area contributed by atoms with Crippen LogP contribution in [0.5, 0.6) is 0 Å². The minimum absolute atomic E-state index is 0.0547. The van der Waals surface area contributed by atoms with Gasteiger partial charge in [-0.1, -0.05) is 6.07 Å². The molecule has 2 rings (SSSR count). The van der Waals surface area contributed by atoms with Crippen molar-refractivity contribution in [2.24, 2.45) is 0 Å².